The highest BCUT2D eigenvalue weighted by molar-refractivity contribution is 5.92. The average molecular weight is 516 g/mol. The van der Waals surface area contributed by atoms with Crippen LogP contribution in [0.5, 0.6) is 0 Å². The van der Waals surface area contributed by atoms with Crippen LogP contribution in [0.1, 0.15) is 57.9 Å². The molecule has 0 saturated heterocycles. The molecular weight excluding hydrogens is 470 g/mol. The van der Waals surface area contributed by atoms with Gasteiger partial charge in [-0.1, -0.05) is 24.8 Å². The number of nitrogens with zero attached hydrogens (tertiary/aromatic N) is 4. The molecule has 37 heavy (non-hydrogen) atoms. The summed E-state index contributed by atoms with van der Waals surface area (Å²) in [7, 11) is 5.48. The fourth-order valence-corrected chi connectivity index (χ4v) is 3.09. The molecule has 0 radical (unpaired) electrons. The van der Waals surface area contributed by atoms with Crippen LogP contribution < -0.4 is 16.0 Å². The van der Waals surface area contributed by atoms with Gasteiger partial charge in [0.15, 0.2) is 0 Å². The first-order valence-corrected chi connectivity index (χ1v) is 13.1. The number of unbranched alkanes of at least 4 members (excludes halogenated alkanes) is 3. The molecule has 0 aromatic carbocycles. The molecule has 0 fully saturated rings. The fraction of sp³-hybridized carbons (Fsp3) is 0.630. The molecule has 1 atom stereocenters. The van der Waals surface area contributed by atoms with Gasteiger partial charge in [-0.05, 0) is 53.1 Å². The zero-order valence-electron chi connectivity index (χ0n) is 23.1. The van der Waals surface area contributed by atoms with Crippen molar-refractivity contribution in [2.75, 3.05) is 64.6 Å². The summed E-state index contributed by atoms with van der Waals surface area (Å²) in [4.78, 5) is 36.9. The van der Waals surface area contributed by atoms with E-state index in [0.717, 1.165) is 44.3 Å². The van der Waals surface area contributed by atoms with Crippen molar-refractivity contribution in [3.63, 3.8) is 0 Å². The third-order valence-electron chi connectivity index (χ3n) is 5.49. The van der Waals surface area contributed by atoms with E-state index in [0.29, 0.717) is 37.7 Å². The highest BCUT2D eigenvalue weighted by Crippen LogP contribution is 2.13. The van der Waals surface area contributed by atoms with E-state index in [2.05, 4.69) is 44.7 Å². The van der Waals surface area contributed by atoms with E-state index in [1.807, 2.05) is 19.0 Å². The molecule has 0 spiro atoms. The van der Waals surface area contributed by atoms with Crippen LogP contribution in [-0.2, 0) is 9.59 Å². The summed E-state index contributed by atoms with van der Waals surface area (Å²) in [5, 5.41) is 18.3. The van der Waals surface area contributed by atoms with Crippen LogP contribution in [0.4, 0.5) is 11.8 Å². The minimum atomic E-state index is -0.561. The summed E-state index contributed by atoms with van der Waals surface area (Å²) in [5.74, 6) is 7.14. The third-order valence-corrected chi connectivity index (χ3v) is 5.49. The lowest BCUT2D eigenvalue weighted by atomic mass is 10.2. The second kappa shape index (κ2) is 19.0. The number of aliphatic hydroxyl groups excluding tert-OH is 1. The van der Waals surface area contributed by atoms with Crippen molar-refractivity contribution in [2.45, 2.75) is 58.4 Å². The molecule has 4 N–H and O–H groups in total. The van der Waals surface area contributed by atoms with Crippen LogP contribution in [0.15, 0.2) is 18.3 Å². The Hall–Kier alpha value is -3.16. The second-order valence-corrected chi connectivity index (χ2v) is 9.08. The molecular formula is C27H45N7O3. The number of likely N-dealkylation sites (N-methyl/N-ethyl adjacent to an activating group) is 2. The number of hydrogen-bond donors (Lipinski definition) is 4. The summed E-state index contributed by atoms with van der Waals surface area (Å²) < 4.78 is 0. The molecule has 1 rings (SSSR count). The molecule has 1 aromatic rings. The molecule has 10 heteroatoms. The molecule has 0 bridgehead atoms. The van der Waals surface area contributed by atoms with Gasteiger partial charge in [-0.3, -0.25) is 9.59 Å². The third kappa shape index (κ3) is 13.6. The topological polar surface area (TPSA) is 123 Å². The zero-order chi connectivity index (χ0) is 27.5. The number of nitrogens with one attached hydrogen (secondary N) is 3. The van der Waals surface area contributed by atoms with Crippen molar-refractivity contribution >= 4 is 23.6 Å². The van der Waals surface area contributed by atoms with Crippen LogP contribution in [0, 0.1) is 11.8 Å². The highest BCUT2D eigenvalue weighted by Gasteiger charge is 2.20. The lowest BCUT2D eigenvalue weighted by Crippen LogP contribution is -2.45. The van der Waals surface area contributed by atoms with Crippen LogP contribution in [0.3, 0.4) is 0 Å². The van der Waals surface area contributed by atoms with Crippen molar-refractivity contribution in [3.8, 4) is 11.8 Å². The highest BCUT2D eigenvalue weighted by atomic mass is 16.3. The molecule has 1 heterocycles. The minimum absolute atomic E-state index is 0.191. The summed E-state index contributed by atoms with van der Waals surface area (Å²) in [6.07, 6.45) is 9.95. The molecule has 0 aliphatic rings. The predicted molar refractivity (Wildman–Crippen MR) is 149 cm³/mol. The Kier molecular flexibility index (Phi) is 16.4. The Bertz CT molecular complexity index is 909. The predicted octanol–water partition coefficient (Wildman–Crippen LogP) is 2.09. The number of carbonyl (C=O) groups excluding carboxylic acids is 2. The van der Waals surface area contributed by atoms with E-state index in [-0.39, 0.29) is 18.4 Å². The van der Waals surface area contributed by atoms with Crippen molar-refractivity contribution in [1.82, 2.24) is 25.1 Å². The van der Waals surface area contributed by atoms with Gasteiger partial charge in [0.25, 0.3) is 0 Å². The average Bonchev–Trinajstić information content (AvgIpc) is 2.88. The van der Waals surface area contributed by atoms with E-state index in [9.17, 15) is 9.59 Å². The number of hydrogen-bond acceptors (Lipinski definition) is 8. The molecule has 0 aliphatic carbocycles. The first-order valence-electron chi connectivity index (χ1n) is 13.1. The van der Waals surface area contributed by atoms with Crippen molar-refractivity contribution in [1.29, 1.82) is 0 Å². The Balaban J connectivity index is 2.52. The van der Waals surface area contributed by atoms with Crippen molar-refractivity contribution in [2.24, 2.45) is 0 Å². The van der Waals surface area contributed by atoms with Gasteiger partial charge in [0.05, 0.1) is 11.8 Å². The maximum atomic E-state index is 12.4. The monoisotopic (exact) mass is 515 g/mol. The number of carbonyl (C=O) groups is 2. The quantitative estimate of drug-likeness (QED) is 0.141. The Morgan fingerprint density at radius 3 is 2.59 bits per heavy atom. The van der Waals surface area contributed by atoms with Gasteiger partial charge >= 0.3 is 0 Å². The van der Waals surface area contributed by atoms with Crippen LogP contribution in [-0.4, -0.2) is 96.7 Å². The molecule has 0 unspecified atom stereocenters. The fourth-order valence-electron chi connectivity index (χ4n) is 3.09. The van der Waals surface area contributed by atoms with Gasteiger partial charge in [0.1, 0.15) is 11.9 Å². The van der Waals surface area contributed by atoms with Gasteiger partial charge in [0, 0.05) is 52.3 Å². The first-order chi connectivity index (χ1) is 17.8. The summed E-state index contributed by atoms with van der Waals surface area (Å²) in [6, 6.07) is -0.561. The molecule has 10 nitrogen and oxygen atoms in total. The number of aromatic nitrogens is 2. The summed E-state index contributed by atoms with van der Waals surface area (Å²) in [5.41, 5.74) is 0.736. The van der Waals surface area contributed by atoms with Crippen molar-refractivity contribution in [3.05, 3.63) is 23.9 Å². The zero-order valence-corrected chi connectivity index (χ0v) is 23.1. The Morgan fingerprint density at radius 1 is 1.11 bits per heavy atom. The molecule has 0 saturated carbocycles. The van der Waals surface area contributed by atoms with Gasteiger partial charge in [-0.2, -0.15) is 4.98 Å². The van der Waals surface area contributed by atoms with Crippen molar-refractivity contribution < 1.29 is 14.7 Å². The Morgan fingerprint density at radius 2 is 1.89 bits per heavy atom. The van der Waals surface area contributed by atoms with E-state index in [4.69, 9.17) is 5.11 Å². The van der Waals surface area contributed by atoms with Gasteiger partial charge in [-0.25, -0.2) is 4.98 Å². The number of rotatable bonds is 17. The number of aliphatic hydroxyl groups is 1. The lowest BCUT2D eigenvalue weighted by molar-refractivity contribution is -0.135. The van der Waals surface area contributed by atoms with E-state index >= 15 is 0 Å². The van der Waals surface area contributed by atoms with E-state index < -0.39 is 6.04 Å². The number of amides is 2. The Labute approximate surface area is 222 Å². The molecule has 1 aromatic heterocycles. The van der Waals surface area contributed by atoms with Gasteiger partial charge < -0.3 is 30.9 Å². The van der Waals surface area contributed by atoms with Gasteiger partial charge in [-0.15, -0.1) is 0 Å². The van der Waals surface area contributed by atoms with E-state index in [1.54, 1.807) is 26.2 Å². The molecule has 2 amide bonds. The van der Waals surface area contributed by atoms with E-state index in [1.165, 1.54) is 11.0 Å². The van der Waals surface area contributed by atoms with Gasteiger partial charge in [0.2, 0.25) is 17.8 Å². The van der Waals surface area contributed by atoms with Crippen LogP contribution in [0.2, 0.25) is 0 Å². The number of anilines is 2. The molecule has 206 valence electrons. The van der Waals surface area contributed by atoms with Crippen LogP contribution in [0.25, 0.3) is 0 Å². The van der Waals surface area contributed by atoms with Crippen LogP contribution >= 0.6 is 0 Å². The smallest absolute Gasteiger partial charge is 0.246 e. The largest absolute Gasteiger partial charge is 0.396 e. The summed E-state index contributed by atoms with van der Waals surface area (Å²) in [6.45, 7) is 6.70. The minimum Gasteiger partial charge on any atom is -0.396 e. The normalized spacial score (nSPS) is 11.6. The SMILES string of the molecule is CCCNc1nc(NCCCCCO)ncc1C#CCCCNC(=O)[C@H](C)N(C)C(=O)/C=C/CN(C)C. The lowest BCUT2D eigenvalue weighted by Gasteiger charge is -2.23. The second-order valence-electron chi connectivity index (χ2n) is 9.08. The summed E-state index contributed by atoms with van der Waals surface area (Å²) >= 11 is 0. The maximum Gasteiger partial charge on any atom is 0.246 e. The first kappa shape index (κ1) is 31.9. The maximum absolute atomic E-state index is 12.4. The molecule has 0 aliphatic heterocycles. The standard InChI is InChI=1S/C27H45N7O3/c1-6-16-28-25-23(21-31-27(32-25)30-18-11-8-12-20-35)14-9-7-10-17-29-26(37)22(2)34(5)24(36)15-13-19-33(3)4/h13,15,21-22,35H,6-8,10-12,16-20H2,1-5H3,(H,29,37)(H2,28,30,31,32)/b15-13+/t22-/m0/s1.